The van der Waals surface area contributed by atoms with E-state index < -0.39 is 0 Å². The summed E-state index contributed by atoms with van der Waals surface area (Å²) in [6.07, 6.45) is 9.11. The fourth-order valence-corrected chi connectivity index (χ4v) is 3.88. The van der Waals surface area contributed by atoms with Gasteiger partial charge < -0.3 is 0 Å². The van der Waals surface area contributed by atoms with Gasteiger partial charge in [0.1, 0.15) is 0 Å². The number of benzene rings is 1. The molecule has 1 aliphatic carbocycles. The highest BCUT2D eigenvalue weighted by Gasteiger charge is 2.29. The van der Waals surface area contributed by atoms with Gasteiger partial charge in [-0.15, -0.1) is 0 Å². The van der Waals surface area contributed by atoms with Gasteiger partial charge in [-0.1, -0.05) is 62.4 Å². The molecule has 112 valence electrons. The van der Waals surface area contributed by atoms with Crippen LogP contribution in [0.5, 0.6) is 0 Å². The van der Waals surface area contributed by atoms with Crippen molar-refractivity contribution in [2.24, 2.45) is 17.7 Å². The highest BCUT2D eigenvalue weighted by Crippen LogP contribution is 2.35. The average Bonchev–Trinajstić information content (AvgIpc) is 2.48. The SMILES string of the molecule is CCC1CCCCC1C(CCc1cccc(C)c1)NN. The van der Waals surface area contributed by atoms with Crippen molar-refractivity contribution in [1.29, 1.82) is 0 Å². The minimum absolute atomic E-state index is 0.473. The standard InChI is InChI=1S/C18H30N2/c1-3-16-9-4-5-10-17(16)18(20-19)12-11-15-8-6-7-14(2)13-15/h6-8,13,16-18,20H,3-5,9-12,19H2,1-2H3. The lowest BCUT2D eigenvalue weighted by Crippen LogP contribution is -2.44. The molecular formula is C18H30N2. The zero-order chi connectivity index (χ0) is 14.4. The molecule has 1 fully saturated rings. The Morgan fingerprint density at radius 2 is 2.10 bits per heavy atom. The zero-order valence-electron chi connectivity index (χ0n) is 13.1. The fraction of sp³-hybridized carbons (Fsp3) is 0.667. The van der Waals surface area contributed by atoms with Gasteiger partial charge in [-0.3, -0.25) is 11.3 Å². The molecule has 1 aromatic rings. The second-order valence-electron chi connectivity index (χ2n) is 6.42. The number of aryl methyl sites for hydroxylation is 2. The topological polar surface area (TPSA) is 38.0 Å². The van der Waals surface area contributed by atoms with Crippen molar-refractivity contribution in [3.05, 3.63) is 35.4 Å². The Balaban J connectivity index is 1.94. The molecule has 1 aromatic carbocycles. The maximum absolute atomic E-state index is 5.86. The lowest BCUT2D eigenvalue weighted by molar-refractivity contribution is 0.169. The second kappa shape index (κ2) is 7.80. The van der Waals surface area contributed by atoms with E-state index in [2.05, 4.69) is 43.5 Å². The van der Waals surface area contributed by atoms with Gasteiger partial charge in [0.25, 0.3) is 0 Å². The van der Waals surface area contributed by atoms with E-state index in [1.165, 1.54) is 43.2 Å². The molecule has 2 nitrogen and oxygen atoms in total. The summed E-state index contributed by atoms with van der Waals surface area (Å²) in [7, 11) is 0. The highest BCUT2D eigenvalue weighted by atomic mass is 15.2. The van der Waals surface area contributed by atoms with Gasteiger partial charge in [0.2, 0.25) is 0 Å². The summed E-state index contributed by atoms with van der Waals surface area (Å²) in [5.74, 6) is 7.50. The van der Waals surface area contributed by atoms with Gasteiger partial charge in [-0.25, -0.2) is 0 Å². The number of hydrazine groups is 1. The molecule has 0 amide bonds. The monoisotopic (exact) mass is 274 g/mol. The number of nitrogens with two attached hydrogens (primary N) is 1. The molecule has 2 heteroatoms. The molecule has 0 heterocycles. The summed E-state index contributed by atoms with van der Waals surface area (Å²) in [5, 5.41) is 0. The molecule has 3 atom stereocenters. The summed E-state index contributed by atoms with van der Waals surface area (Å²) in [6, 6.07) is 9.33. The van der Waals surface area contributed by atoms with Gasteiger partial charge in [-0.2, -0.15) is 0 Å². The van der Waals surface area contributed by atoms with E-state index in [1.807, 2.05) is 0 Å². The largest absolute Gasteiger partial charge is 0.271 e. The molecule has 1 aliphatic rings. The molecule has 0 radical (unpaired) electrons. The number of rotatable bonds is 6. The smallest absolute Gasteiger partial charge is 0.0244 e. The number of nitrogens with one attached hydrogen (secondary N) is 1. The van der Waals surface area contributed by atoms with Crippen LogP contribution in [0, 0.1) is 18.8 Å². The van der Waals surface area contributed by atoms with E-state index in [-0.39, 0.29) is 0 Å². The van der Waals surface area contributed by atoms with Crippen LogP contribution >= 0.6 is 0 Å². The molecule has 0 aromatic heterocycles. The molecule has 3 unspecified atom stereocenters. The van der Waals surface area contributed by atoms with Crippen molar-refractivity contribution in [2.75, 3.05) is 0 Å². The molecule has 2 rings (SSSR count). The fourth-order valence-electron chi connectivity index (χ4n) is 3.88. The van der Waals surface area contributed by atoms with Crippen molar-refractivity contribution < 1.29 is 0 Å². The lowest BCUT2D eigenvalue weighted by atomic mass is 9.73. The van der Waals surface area contributed by atoms with E-state index >= 15 is 0 Å². The van der Waals surface area contributed by atoms with Crippen LogP contribution in [0.25, 0.3) is 0 Å². The molecule has 1 saturated carbocycles. The molecule has 0 bridgehead atoms. The normalized spacial score (nSPS) is 24.6. The zero-order valence-corrected chi connectivity index (χ0v) is 13.1. The first kappa shape index (κ1) is 15.5. The van der Waals surface area contributed by atoms with Crippen LogP contribution in [0.1, 0.15) is 56.6 Å². The predicted octanol–water partition coefficient (Wildman–Crippen LogP) is 3.98. The summed E-state index contributed by atoms with van der Waals surface area (Å²) in [4.78, 5) is 0. The Morgan fingerprint density at radius 1 is 1.30 bits per heavy atom. The third-order valence-electron chi connectivity index (χ3n) is 5.05. The first-order valence-corrected chi connectivity index (χ1v) is 8.26. The van der Waals surface area contributed by atoms with Crippen LogP contribution in [0.15, 0.2) is 24.3 Å². The first-order chi connectivity index (χ1) is 9.74. The Kier molecular flexibility index (Phi) is 6.06. The van der Waals surface area contributed by atoms with Gasteiger partial charge >= 0.3 is 0 Å². The third kappa shape index (κ3) is 4.07. The van der Waals surface area contributed by atoms with Crippen molar-refractivity contribution >= 4 is 0 Å². The van der Waals surface area contributed by atoms with Gasteiger partial charge in [0, 0.05) is 6.04 Å². The van der Waals surface area contributed by atoms with Crippen molar-refractivity contribution in [2.45, 2.75) is 64.8 Å². The van der Waals surface area contributed by atoms with Crippen LogP contribution in [0.2, 0.25) is 0 Å². The summed E-state index contributed by atoms with van der Waals surface area (Å²) >= 11 is 0. The molecule has 0 aliphatic heterocycles. The minimum Gasteiger partial charge on any atom is -0.271 e. The Labute approximate surface area is 124 Å². The lowest BCUT2D eigenvalue weighted by Gasteiger charge is -2.36. The number of hydrogen-bond donors (Lipinski definition) is 2. The van der Waals surface area contributed by atoms with Crippen molar-refractivity contribution in [3.63, 3.8) is 0 Å². The average molecular weight is 274 g/mol. The van der Waals surface area contributed by atoms with Crippen molar-refractivity contribution in [1.82, 2.24) is 5.43 Å². The van der Waals surface area contributed by atoms with Crippen molar-refractivity contribution in [3.8, 4) is 0 Å². The quantitative estimate of drug-likeness (QED) is 0.608. The predicted molar refractivity (Wildman–Crippen MR) is 86.4 cm³/mol. The van der Waals surface area contributed by atoms with E-state index in [0.29, 0.717) is 6.04 Å². The number of hydrogen-bond acceptors (Lipinski definition) is 2. The molecule has 3 N–H and O–H groups in total. The van der Waals surface area contributed by atoms with Crippen LogP contribution in [0.3, 0.4) is 0 Å². The van der Waals surface area contributed by atoms with E-state index in [9.17, 15) is 0 Å². The second-order valence-corrected chi connectivity index (χ2v) is 6.42. The van der Waals surface area contributed by atoms with Crippen LogP contribution in [-0.2, 0) is 6.42 Å². The van der Waals surface area contributed by atoms with Crippen LogP contribution in [-0.4, -0.2) is 6.04 Å². The Bertz CT molecular complexity index is 402. The van der Waals surface area contributed by atoms with Crippen LogP contribution < -0.4 is 11.3 Å². The molecular weight excluding hydrogens is 244 g/mol. The van der Waals surface area contributed by atoms with Gasteiger partial charge in [0.15, 0.2) is 0 Å². The maximum atomic E-state index is 5.86. The highest BCUT2D eigenvalue weighted by molar-refractivity contribution is 5.22. The Hall–Kier alpha value is -0.860. The van der Waals surface area contributed by atoms with E-state index in [1.54, 1.807) is 0 Å². The summed E-state index contributed by atoms with van der Waals surface area (Å²) in [5.41, 5.74) is 5.91. The summed E-state index contributed by atoms with van der Waals surface area (Å²) in [6.45, 7) is 4.49. The van der Waals surface area contributed by atoms with Gasteiger partial charge in [0.05, 0.1) is 0 Å². The van der Waals surface area contributed by atoms with Gasteiger partial charge in [-0.05, 0) is 43.6 Å². The Morgan fingerprint density at radius 3 is 2.80 bits per heavy atom. The summed E-state index contributed by atoms with van der Waals surface area (Å²) < 4.78 is 0. The third-order valence-corrected chi connectivity index (χ3v) is 5.05. The minimum atomic E-state index is 0.473. The van der Waals surface area contributed by atoms with E-state index in [4.69, 9.17) is 5.84 Å². The first-order valence-electron chi connectivity index (χ1n) is 8.26. The van der Waals surface area contributed by atoms with E-state index in [0.717, 1.165) is 24.7 Å². The molecule has 0 spiro atoms. The van der Waals surface area contributed by atoms with Crippen LogP contribution in [0.4, 0.5) is 0 Å². The maximum Gasteiger partial charge on any atom is 0.0244 e. The molecule has 20 heavy (non-hydrogen) atoms. The molecule has 0 saturated heterocycles.